The van der Waals surface area contributed by atoms with Crippen LogP contribution in [-0.2, 0) is 15.9 Å². The molecule has 1 aliphatic heterocycles. The van der Waals surface area contributed by atoms with Gasteiger partial charge >= 0.3 is 0 Å². The third kappa shape index (κ3) is 7.55. The summed E-state index contributed by atoms with van der Waals surface area (Å²) in [5, 5.41) is 7.96. The molecule has 8 heteroatoms. The lowest BCUT2D eigenvalue weighted by Crippen LogP contribution is -2.47. The van der Waals surface area contributed by atoms with Gasteiger partial charge in [-0.05, 0) is 43.4 Å². The molecule has 7 nitrogen and oxygen atoms in total. The molecule has 0 radical (unpaired) electrons. The highest BCUT2D eigenvalue weighted by Gasteiger charge is 2.21. The average Bonchev–Trinajstić information content (AvgIpc) is 3.25. The van der Waals surface area contributed by atoms with Crippen LogP contribution in [0.4, 0.5) is 0 Å². The lowest BCUT2D eigenvalue weighted by Gasteiger charge is -2.34. The molecule has 1 fully saturated rings. The molecule has 0 unspecified atom stereocenters. The van der Waals surface area contributed by atoms with Crippen molar-refractivity contribution in [3.05, 3.63) is 48.3 Å². The average molecular weight is 527 g/mol. The maximum Gasteiger partial charge on any atom is 0.193 e. The van der Waals surface area contributed by atoms with Gasteiger partial charge in [0.2, 0.25) is 0 Å². The van der Waals surface area contributed by atoms with Gasteiger partial charge in [-0.3, -0.25) is 4.99 Å². The monoisotopic (exact) mass is 527 g/mol. The van der Waals surface area contributed by atoms with E-state index >= 15 is 0 Å². The van der Waals surface area contributed by atoms with Gasteiger partial charge in [0.05, 0.1) is 18.0 Å². The number of hydrogen-bond donors (Lipinski definition) is 1. The van der Waals surface area contributed by atoms with E-state index in [2.05, 4.69) is 38.6 Å². The van der Waals surface area contributed by atoms with E-state index in [4.69, 9.17) is 9.47 Å². The van der Waals surface area contributed by atoms with E-state index < -0.39 is 0 Å². The van der Waals surface area contributed by atoms with E-state index in [9.17, 15) is 0 Å². The van der Waals surface area contributed by atoms with Crippen LogP contribution >= 0.6 is 24.0 Å². The molecule has 1 aliphatic rings. The van der Waals surface area contributed by atoms with Gasteiger partial charge in [-0.1, -0.05) is 18.2 Å². The molecule has 1 N–H and O–H groups in total. The van der Waals surface area contributed by atoms with E-state index in [0.717, 1.165) is 70.2 Å². The van der Waals surface area contributed by atoms with Crippen LogP contribution in [0.5, 0.6) is 0 Å². The number of ether oxygens (including phenoxy) is 2. The number of benzene rings is 1. The molecule has 0 amide bonds. The van der Waals surface area contributed by atoms with Crippen molar-refractivity contribution in [1.29, 1.82) is 0 Å². The molecule has 1 aromatic carbocycles. The number of hydrogen-bond acceptors (Lipinski definition) is 4. The number of rotatable bonds is 9. The van der Waals surface area contributed by atoms with E-state index in [0.29, 0.717) is 6.10 Å². The Morgan fingerprint density at radius 3 is 2.67 bits per heavy atom. The van der Waals surface area contributed by atoms with E-state index in [1.54, 1.807) is 7.11 Å². The van der Waals surface area contributed by atoms with Gasteiger partial charge in [-0.15, -0.1) is 24.0 Å². The summed E-state index contributed by atoms with van der Waals surface area (Å²) in [6, 6.07) is 10.2. The third-order valence-electron chi connectivity index (χ3n) is 5.15. The molecule has 2 heterocycles. The largest absolute Gasteiger partial charge is 0.385 e. The van der Waals surface area contributed by atoms with Crippen LogP contribution in [0.1, 0.15) is 24.8 Å². The summed E-state index contributed by atoms with van der Waals surface area (Å²) in [5.74, 6) is 0.971. The third-order valence-corrected chi connectivity index (χ3v) is 5.15. The van der Waals surface area contributed by atoms with Gasteiger partial charge in [-0.2, -0.15) is 5.10 Å². The Bertz CT molecular complexity index is 745. The van der Waals surface area contributed by atoms with Gasteiger partial charge in [0.25, 0.3) is 0 Å². The van der Waals surface area contributed by atoms with Crippen molar-refractivity contribution in [2.75, 3.05) is 47.0 Å². The normalized spacial score (nSPS) is 15.1. The quantitative estimate of drug-likeness (QED) is 0.235. The first-order valence-electron chi connectivity index (χ1n) is 10.4. The summed E-state index contributed by atoms with van der Waals surface area (Å²) in [5.41, 5.74) is 2.29. The SMILES string of the molecule is CN=C(NCCc1cnn(-c2ccccc2)c1)N1CCC(OCCCOC)CC1.I. The zero-order chi connectivity index (χ0) is 20.3. The molecule has 0 atom stereocenters. The molecular weight excluding hydrogens is 493 g/mol. The highest BCUT2D eigenvalue weighted by molar-refractivity contribution is 14.0. The Balaban J connectivity index is 0.00000320. The molecule has 0 spiro atoms. The number of piperidine rings is 1. The number of nitrogens with one attached hydrogen (secondary N) is 1. The zero-order valence-corrected chi connectivity index (χ0v) is 20.3. The van der Waals surface area contributed by atoms with Crippen LogP contribution in [0.2, 0.25) is 0 Å². The minimum atomic E-state index is 0. The van der Waals surface area contributed by atoms with E-state index in [1.807, 2.05) is 36.1 Å². The molecule has 0 bridgehead atoms. The molecule has 3 rings (SSSR count). The Morgan fingerprint density at radius 2 is 1.97 bits per heavy atom. The number of para-hydroxylation sites is 1. The molecule has 2 aromatic rings. The Labute approximate surface area is 196 Å². The number of methoxy groups -OCH3 is 1. The topological polar surface area (TPSA) is 63.9 Å². The maximum absolute atomic E-state index is 5.95. The van der Waals surface area contributed by atoms with Crippen molar-refractivity contribution in [3.63, 3.8) is 0 Å². The summed E-state index contributed by atoms with van der Waals surface area (Å²) in [6.45, 7) is 4.32. The Morgan fingerprint density at radius 1 is 1.20 bits per heavy atom. The van der Waals surface area contributed by atoms with Gasteiger partial charge in [0.15, 0.2) is 5.96 Å². The molecule has 1 aromatic heterocycles. The fraction of sp³-hybridized carbons (Fsp3) is 0.545. The number of aromatic nitrogens is 2. The van der Waals surface area contributed by atoms with Crippen molar-refractivity contribution in [2.45, 2.75) is 31.8 Å². The van der Waals surface area contributed by atoms with E-state index in [-0.39, 0.29) is 24.0 Å². The first-order valence-corrected chi connectivity index (χ1v) is 10.4. The smallest absolute Gasteiger partial charge is 0.193 e. The summed E-state index contributed by atoms with van der Waals surface area (Å²) >= 11 is 0. The second-order valence-corrected chi connectivity index (χ2v) is 7.26. The maximum atomic E-state index is 5.95. The van der Waals surface area contributed by atoms with E-state index in [1.165, 1.54) is 5.56 Å². The molecular formula is C22H34IN5O2. The molecule has 166 valence electrons. The second-order valence-electron chi connectivity index (χ2n) is 7.26. The van der Waals surface area contributed by atoms with Crippen LogP contribution < -0.4 is 5.32 Å². The number of likely N-dealkylation sites (tertiary alicyclic amines) is 1. The summed E-state index contributed by atoms with van der Waals surface area (Å²) in [6.07, 6.45) is 8.32. The second kappa shape index (κ2) is 13.6. The molecule has 30 heavy (non-hydrogen) atoms. The van der Waals surface area contributed by atoms with Crippen LogP contribution in [0.3, 0.4) is 0 Å². The fourth-order valence-electron chi connectivity index (χ4n) is 3.55. The zero-order valence-electron chi connectivity index (χ0n) is 18.0. The highest BCUT2D eigenvalue weighted by atomic mass is 127. The van der Waals surface area contributed by atoms with Gasteiger partial charge in [0, 0.05) is 53.2 Å². The lowest BCUT2D eigenvalue weighted by atomic mass is 10.1. The van der Waals surface area contributed by atoms with Crippen LogP contribution in [0, 0.1) is 0 Å². The number of halogens is 1. The van der Waals surface area contributed by atoms with Crippen molar-refractivity contribution < 1.29 is 9.47 Å². The minimum absolute atomic E-state index is 0. The van der Waals surface area contributed by atoms with Gasteiger partial charge in [0.1, 0.15) is 0 Å². The molecule has 0 saturated carbocycles. The minimum Gasteiger partial charge on any atom is -0.385 e. The van der Waals surface area contributed by atoms with Crippen LogP contribution in [0.25, 0.3) is 5.69 Å². The summed E-state index contributed by atoms with van der Waals surface area (Å²) < 4.78 is 12.9. The number of guanidine groups is 1. The molecule has 0 aliphatic carbocycles. The standard InChI is InChI=1S/C22H33N5O2.HI/c1-23-22(26-13-10-21(11-14-26)29-16-6-15-28-2)24-12-9-19-17-25-27(18-19)20-7-4-3-5-8-20;/h3-5,7-8,17-18,21H,6,9-16H2,1-2H3,(H,23,24);1H. The van der Waals surface area contributed by atoms with Crippen molar-refractivity contribution in [1.82, 2.24) is 20.0 Å². The Hall–Kier alpha value is -1.65. The fourth-order valence-corrected chi connectivity index (χ4v) is 3.55. The Kier molecular flexibility index (Phi) is 11.2. The summed E-state index contributed by atoms with van der Waals surface area (Å²) in [7, 11) is 3.58. The van der Waals surface area contributed by atoms with Crippen LogP contribution in [-0.4, -0.2) is 73.7 Å². The first-order chi connectivity index (χ1) is 14.3. The first kappa shape index (κ1) is 24.6. The van der Waals surface area contributed by atoms with Crippen LogP contribution in [0.15, 0.2) is 47.7 Å². The van der Waals surface area contributed by atoms with Crippen molar-refractivity contribution >= 4 is 29.9 Å². The van der Waals surface area contributed by atoms with Gasteiger partial charge < -0.3 is 19.7 Å². The van der Waals surface area contributed by atoms with Gasteiger partial charge in [-0.25, -0.2) is 4.68 Å². The van der Waals surface area contributed by atoms with Crippen molar-refractivity contribution in [3.8, 4) is 5.69 Å². The number of nitrogens with zero attached hydrogens (tertiary/aromatic N) is 4. The predicted octanol–water partition coefficient (Wildman–Crippen LogP) is 3.13. The number of aliphatic imine (C=N–C) groups is 1. The lowest BCUT2D eigenvalue weighted by molar-refractivity contribution is 0.00992. The molecule has 1 saturated heterocycles. The van der Waals surface area contributed by atoms with Crippen molar-refractivity contribution in [2.24, 2.45) is 4.99 Å². The highest BCUT2D eigenvalue weighted by Crippen LogP contribution is 2.14. The summed E-state index contributed by atoms with van der Waals surface area (Å²) in [4.78, 5) is 6.78. The predicted molar refractivity (Wildman–Crippen MR) is 131 cm³/mol.